The molecule has 0 aliphatic heterocycles. The predicted octanol–water partition coefficient (Wildman–Crippen LogP) is 1.03. The van der Waals surface area contributed by atoms with E-state index in [2.05, 4.69) is 21.9 Å². The Balaban J connectivity index is 1.89. The summed E-state index contributed by atoms with van der Waals surface area (Å²) in [6, 6.07) is 0. The molecule has 0 unspecified atom stereocenters. The second kappa shape index (κ2) is 7.08. The molecule has 0 spiro atoms. The lowest BCUT2D eigenvalue weighted by Crippen LogP contribution is -2.41. The number of nitrogens with zero attached hydrogens (tertiary/aromatic N) is 3. The number of rotatable bonds is 6. The Hall–Kier alpha value is -1.08. The molecule has 2 rings (SSSR count). The summed E-state index contributed by atoms with van der Waals surface area (Å²) in [5, 5.41) is 10.8. The summed E-state index contributed by atoms with van der Waals surface area (Å²) in [5.41, 5.74) is 5.81. The van der Waals surface area contributed by atoms with Crippen molar-refractivity contribution in [2.45, 2.75) is 43.4 Å². The van der Waals surface area contributed by atoms with Gasteiger partial charge in [-0.1, -0.05) is 24.5 Å². The lowest BCUT2D eigenvalue weighted by atomic mass is 9.88. The topological polar surface area (TPSA) is 85.8 Å². The number of nitrogens with two attached hydrogens (primary N) is 1. The van der Waals surface area contributed by atoms with Crippen LogP contribution in [0.25, 0.3) is 0 Å². The van der Waals surface area contributed by atoms with Crippen molar-refractivity contribution >= 4 is 17.7 Å². The molecule has 0 radical (unpaired) electrons. The van der Waals surface area contributed by atoms with Gasteiger partial charge in [0, 0.05) is 17.8 Å². The van der Waals surface area contributed by atoms with E-state index < -0.39 is 0 Å². The van der Waals surface area contributed by atoms with Crippen molar-refractivity contribution in [3.05, 3.63) is 11.9 Å². The van der Waals surface area contributed by atoms with E-state index >= 15 is 0 Å². The maximum Gasteiger partial charge on any atom is 0.273 e. The van der Waals surface area contributed by atoms with Gasteiger partial charge in [0.2, 0.25) is 0 Å². The molecule has 1 aliphatic carbocycles. The Morgan fingerprint density at radius 1 is 1.50 bits per heavy atom. The Kier molecular flexibility index (Phi) is 5.42. The summed E-state index contributed by atoms with van der Waals surface area (Å²) in [7, 11) is 0. The van der Waals surface area contributed by atoms with E-state index in [1.165, 1.54) is 32.1 Å². The first kappa shape index (κ1) is 15.3. The number of carbonyl (C=O) groups is 1. The van der Waals surface area contributed by atoms with E-state index in [-0.39, 0.29) is 10.7 Å². The summed E-state index contributed by atoms with van der Waals surface area (Å²) in [5.74, 6) is -0.146. The van der Waals surface area contributed by atoms with Crippen LogP contribution in [0.5, 0.6) is 0 Å². The van der Waals surface area contributed by atoms with Crippen molar-refractivity contribution in [3.63, 3.8) is 0 Å². The van der Waals surface area contributed by atoms with E-state index in [4.69, 9.17) is 5.73 Å². The molecule has 112 valence electrons. The van der Waals surface area contributed by atoms with Crippen molar-refractivity contribution in [1.82, 2.24) is 20.3 Å². The molecule has 7 heteroatoms. The summed E-state index contributed by atoms with van der Waals surface area (Å²) < 4.78 is 1.79. The number of hydrogen-bond acceptors (Lipinski definition) is 5. The first-order valence-corrected chi connectivity index (χ1v) is 8.35. The zero-order chi connectivity index (χ0) is 14.4. The van der Waals surface area contributed by atoms with Crippen molar-refractivity contribution < 1.29 is 4.79 Å². The SMILES string of the molecule is CSC1(CNC(=O)c2cn(CCN)nn2)CCCCC1. The first-order chi connectivity index (χ1) is 9.69. The molecule has 1 aliphatic rings. The monoisotopic (exact) mass is 297 g/mol. The van der Waals surface area contributed by atoms with E-state index in [0.717, 1.165) is 0 Å². The minimum absolute atomic E-state index is 0.146. The molecule has 1 saturated carbocycles. The molecule has 0 atom stereocenters. The molecular weight excluding hydrogens is 274 g/mol. The van der Waals surface area contributed by atoms with Gasteiger partial charge in [-0.25, -0.2) is 0 Å². The van der Waals surface area contributed by atoms with Crippen LogP contribution in [-0.2, 0) is 6.54 Å². The average Bonchev–Trinajstić information content (AvgIpc) is 2.95. The van der Waals surface area contributed by atoms with Gasteiger partial charge in [-0.15, -0.1) is 5.10 Å². The largest absolute Gasteiger partial charge is 0.349 e. The molecule has 1 amide bonds. The van der Waals surface area contributed by atoms with Gasteiger partial charge < -0.3 is 11.1 Å². The lowest BCUT2D eigenvalue weighted by Gasteiger charge is -2.35. The van der Waals surface area contributed by atoms with Gasteiger partial charge in [-0.3, -0.25) is 9.48 Å². The molecule has 3 N–H and O–H groups in total. The zero-order valence-corrected chi connectivity index (χ0v) is 12.8. The van der Waals surface area contributed by atoms with Crippen molar-refractivity contribution in [2.24, 2.45) is 5.73 Å². The minimum Gasteiger partial charge on any atom is -0.349 e. The maximum absolute atomic E-state index is 12.1. The third kappa shape index (κ3) is 3.73. The Labute approximate surface area is 123 Å². The summed E-state index contributed by atoms with van der Waals surface area (Å²) in [6.45, 7) is 1.77. The van der Waals surface area contributed by atoms with Gasteiger partial charge in [-0.05, 0) is 19.1 Å². The van der Waals surface area contributed by atoms with Crippen molar-refractivity contribution in [3.8, 4) is 0 Å². The van der Waals surface area contributed by atoms with E-state index in [0.29, 0.717) is 25.3 Å². The fourth-order valence-electron chi connectivity index (χ4n) is 2.63. The van der Waals surface area contributed by atoms with Crippen LogP contribution in [0.1, 0.15) is 42.6 Å². The number of amides is 1. The van der Waals surface area contributed by atoms with Gasteiger partial charge in [0.1, 0.15) is 0 Å². The molecule has 20 heavy (non-hydrogen) atoms. The highest BCUT2D eigenvalue weighted by Gasteiger charge is 2.31. The van der Waals surface area contributed by atoms with Crippen LogP contribution >= 0.6 is 11.8 Å². The molecule has 0 bridgehead atoms. The normalized spacial score (nSPS) is 17.9. The molecule has 1 heterocycles. The number of aromatic nitrogens is 3. The van der Waals surface area contributed by atoms with Crippen molar-refractivity contribution in [1.29, 1.82) is 0 Å². The van der Waals surface area contributed by atoms with Crippen LogP contribution in [-0.4, -0.2) is 45.0 Å². The average molecular weight is 297 g/mol. The highest BCUT2D eigenvalue weighted by molar-refractivity contribution is 8.00. The van der Waals surface area contributed by atoms with Gasteiger partial charge >= 0.3 is 0 Å². The molecular formula is C13H23N5OS. The molecule has 0 aromatic carbocycles. The molecule has 6 nitrogen and oxygen atoms in total. The number of hydrogen-bond donors (Lipinski definition) is 2. The van der Waals surface area contributed by atoms with E-state index in [1.807, 2.05) is 11.8 Å². The minimum atomic E-state index is -0.146. The van der Waals surface area contributed by atoms with Crippen LogP contribution in [0.3, 0.4) is 0 Å². The smallest absolute Gasteiger partial charge is 0.273 e. The second-order valence-corrected chi connectivity index (χ2v) is 6.56. The molecule has 0 saturated heterocycles. The second-order valence-electron chi connectivity index (χ2n) is 5.29. The predicted molar refractivity (Wildman–Crippen MR) is 80.7 cm³/mol. The third-order valence-electron chi connectivity index (χ3n) is 3.90. The Bertz CT molecular complexity index is 442. The fourth-order valence-corrected chi connectivity index (χ4v) is 3.54. The van der Waals surface area contributed by atoms with Gasteiger partial charge in [0.25, 0.3) is 5.91 Å². The zero-order valence-electron chi connectivity index (χ0n) is 12.0. The number of carbonyl (C=O) groups excluding carboxylic acids is 1. The van der Waals surface area contributed by atoms with Crippen LogP contribution in [0, 0.1) is 0 Å². The summed E-state index contributed by atoms with van der Waals surface area (Å²) in [4.78, 5) is 12.1. The van der Waals surface area contributed by atoms with E-state index in [9.17, 15) is 4.79 Å². The van der Waals surface area contributed by atoms with Crippen LogP contribution in [0.2, 0.25) is 0 Å². The first-order valence-electron chi connectivity index (χ1n) is 7.13. The van der Waals surface area contributed by atoms with Crippen LogP contribution in [0.15, 0.2) is 6.20 Å². The van der Waals surface area contributed by atoms with Gasteiger partial charge in [0.05, 0.1) is 12.7 Å². The number of thioether (sulfide) groups is 1. The Morgan fingerprint density at radius 2 is 2.25 bits per heavy atom. The quantitative estimate of drug-likeness (QED) is 0.819. The van der Waals surface area contributed by atoms with E-state index in [1.54, 1.807) is 10.9 Å². The number of nitrogens with one attached hydrogen (secondary N) is 1. The van der Waals surface area contributed by atoms with Crippen LogP contribution < -0.4 is 11.1 Å². The summed E-state index contributed by atoms with van der Waals surface area (Å²) >= 11 is 1.87. The maximum atomic E-state index is 12.1. The van der Waals surface area contributed by atoms with Gasteiger partial charge in [-0.2, -0.15) is 11.8 Å². The van der Waals surface area contributed by atoms with Gasteiger partial charge in [0.15, 0.2) is 5.69 Å². The highest BCUT2D eigenvalue weighted by Crippen LogP contribution is 2.37. The Morgan fingerprint density at radius 3 is 2.90 bits per heavy atom. The standard InChI is InChI=1S/C13H23N5OS/c1-20-13(5-3-2-4-6-13)10-15-12(19)11-9-18(8-7-14)17-16-11/h9H,2-8,10,14H2,1H3,(H,15,19). The lowest BCUT2D eigenvalue weighted by molar-refractivity contribution is 0.0942. The molecule has 1 aromatic heterocycles. The highest BCUT2D eigenvalue weighted by atomic mass is 32.2. The summed E-state index contributed by atoms with van der Waals surface area (Å²) in [6.07, 6.45) is 9.95. The molecule has 1 fully saturated rings. The fraction of sp³-hybridized carbons (Fsp3) is 0.769. The van der Waals surface area contributed by atoms with Crippen LogP contribution in [0.4, 0.5) is 0 Å². The molecule has 1 aromatic rings. The third-order valence-corrected chi connectivity index (χ3v) is 5.32. The van der Waals surface area contributed by atoms with Crippen molar-refractivity contribution in [2.75, 3.05) is 19.3 Å².